The van der Waals surface area contributed by atoms with E-state index < -0.39 is 23.7 Å². The number of hydrogen-bond donors (Lipinski definition) is 1. The number of benzene rings is 2. The average molecular weight is 493 g/mol. The van der Waals surface area contributed by atoms with E-state index in [9.17, 15) is 19.5 Å². The van der Waals surface area contributed by atoms with Gasteiger partial charge in [-0.3, -0.25) is 14.4 Å². The number of likely N-dealkylation sites (tertiary alicyclic amines) is 1. The van der Waals surface area contributed by atoms with Crippen molar-refractivity contribution in [3.8, 4) is 11.5 Å². The lowest BCUT2D eigenvalue weighted by Gasteiger charge is -2.27. The van der Waals surface area contributed by atoms with Crippen LogP contribution in [-0.2, 0) is 27.2 Å². The molecule has 1 saturated heterocycles. The molecule has 4 rings (SSSR count). The van der Waals surface area contributed by atoms with E-state index in [0.29, 0.717) is 23.4 Å². The number of aliphatic hydroxyl groups excluding tert-OH is 1. The Morgan fingerprint density at radius 3 is 2.44 bits per heavy atom. The molecule has 0 aromatic heterocycles. The van der Waals surface area contributed by atoms with Crippen LogP contribution in [0.2, 0.25) is 0 Å². The summed E-state index contributed by atoms with van der Waals surface area (Å²) in [6.07, 6.45) is 4.13. The summed E-state index contributed by atoms with van der Waals surface area (Å²) in [5.41, 5.74) is 3.48. The van der Waals surface area contributed by atoms with Gasteiger partial charge in [-0.25, -0.2) is 0 Å². The maximum Gasteiger partial charge on any atom is 0.308 e. The molecular formula is C28H32N2O6. The Bertz CT molecular complexity index is 1230. The average Bonchev–Trinajstić information content (AvgIpc) is 3.11. The predicted molar refractivity (Wildman–Crippen MR) is 135 cm³/mol. The fourth-order valence-corrected chi connectivity index (χ4v) is 4.90. The number of methoxy groups -OCH3 is 1. The summed E-state index contributed by atoms with van der Waals surface area (Å²) in [4.78, 5) is 41.5. The van der Waals surface area contributed by atoms with Crippen LogP contribution in [-0.4, -0.2) is 66.9 Å². The molecule has 2 aromatic rings. The molecule has 1 aliphatic carbocycles. The fourth-order valence-electron chi connectivity index (χ4n) is 4.90. The summed E-state index contributed by atoms with van der Waals surface area (Å²) in [5, 5.41) is 11.4. The maximum absolute atomic E-state index is 13.3. The van der Waals surface area contributed by atoms with Crippen LogP contribution in [0.3, 0.4) is 0 Å². The van der Waals surface area contributed by atoms with E-state index >= 15 is 0 Å². The zero-order valence-electron chi connectivity index (χ0n) is 21.2. The molecular weight excluding hydrogens is 460 g/mol. The fraction of sp³-hybridized carbons (Fsp3) is 0.393. The van der Waals surface area contributed by atoms with Crippen molar-refractivity contribution < 1.29 is 29.0 Å². The largest absolute Gasteiger partial charge is 0.507 e. The van der Waals surface area contributed by atoms with Gasteiger partial charge in [-0.05, 0) is 74.7 Å². The molecule has 0 saturated carbocycles. The normalized spacial score (nSPS) is 18.9. The standard InChI is InChI=1S/C28H32N2O6/c1-17(31)36-23-16-20(11-12-22(23)35-4)25-24(27(33)28(34)30(25)14-13-29(2)3)26(32)21-10-9-18-7-5-6-8-19(18)15-21/h9-12,15-16,25,32H,5-8,13-14H2,1-4H3/b26-24+. The highest BCUT2D eigenvalue weighted by molar-refractivity contribution is 6.46. The Morgan fingerprint density at radius 2 is 1.78 bits per heavy atom. The molecule has 1 heterocycles. The van der Waals surface area contributed by atoms with Crippen molar-refractivity contribution in [2.45, 2.75) is 38.6 Å². The number of aryl methyl sites for hydroxylation is 2. The zero-order valence-corrected chi connectivity index (χ0v) is 21.2. The van der Waals surface area contributed by atoms with Crippen LogP contribution in [0.15, 0.2) is 42.0 Å². The lowest BCUT2D eigenvalue weighted by Crippen LogP contribution is -2.35. The molecule has 1 amide bonds. The van der Waals surface area contributed by atoms with Crippen LogP contribution in [0.5, 0.6) is 11.5 Å². The van der Waals surface area contributed by atoms with Gasteiger partial charge < -0.3 is 24.4 Å². The topological polar surface area (TPSA) is 96.4 Å². The number of esters is 1. The van der Waals surface area contributed by atoms with Crippen LogP contribution in [0.25, 0.3) is 5.76 Å². The molecule has 1 N–H and O–H groups in total. The van der Waals surface area contributed by atoms with E-state index in [-0.39, 0.29) is 23.6 Å². The van der Waals surface area contributed by atoms with E-state index in [1.165, 1.54) is 24.5 Å². The number of aliphatic hydroxyl groups is 1. The number of ketones is 1. The van der Waals surface area contributed by atoms with Crippen molar-refractivity contribution in [3.63, 3.8) is 0 Å². The Kier molecular flexibility index (Phi) is 7.45. The third kappa shape index (κ3) is 4.99. The summed E-state index contributed by atoms with van der Waals surface area (Å²) < 4.78 is 10.6. The predicted octanol–water partition coefficient (Wildman–Crippen LogP) is 3.48. The Hall–Kier alpha value is -3.65. The number of rotatable bonds is 7. The van der Waals surface area contributed by atoms with Crippen LogP contribution >= 0.6 is 0 Å². The van der Waals surface area contributed by atoms with Crippen LogP contribution in [0, 0.1) is 0 Å². The summed E-state index contributed by atoms with van der Waals surface area (Å²) in [5.74, 6) is -1.63. The minimum absolute atomic E-state index is 0.0217. The van der Waals surface area contributed by atoms with Gasteiger partial charge in [0.1, 0.15) is 5.76 Å². The first-order valence-electron chi connectivity index (χ1n) is 12.1. The summed E-state index contributed by atoms with van der Waals surface area (Å²) >= 11 is 0. The number of likely N-dealkylation sites (N-methyl/N-ethyl adjacent to an activating group) is 1. The second-order valence-corrected chi connectivity index (χ2v) is 9.49. The second kappa shape index (κ2) is 10.5. The number of carbonyl (C=O) groups is 3. The van der Waals surface area contributed by atoms with Gasteiger partial charge >= 0.3 is 5.97 Å². The number of ether oxygens (including phenoxy) is 2. The third-order valence-corrected chi connectivity index (χ3v) is 6.71. The van der Waals surface area contributed by atoms with E-state index in [0.717, 1.165) is 31.2 Å². The van der Waals surface area contributed by atoms with Gasteiger partial charge in [0.05, 0.1) is 18.7 Å². The SMILES string of the molecule is COc1ccc(C2/C(=C(\O)c3ccc4c(c3)CCCC4)C(=O)C(=O)N2CCN(C)C)cc1OC(C)=O. The van der Waals surface area contributed by atoms with Crippen molar-refractivity contribution in [3.05, 3.63) is 64.2 Å². The van der Waals surface area contributed by atoms with Crippen molar-refractivity contribution in [2.75, 3.05) is 34.3 Å². The highest BCUT2D eigenvalue weighted by atomic mass is 16.6. The molecule has 0 bridgehead atoms. The minimum atomic E-state index is -0.846. The van der Waals surface area contributed by atoms with Crippen LogP contribution < -0.4 is 9.47 Å². The molecule has 2 aliphatic rings. The van der Waals surface area contributed by atoms with Gasteiger partial charge in [0.25, 0.3) is 11.7 Å². The number of Topliss-reactive ketones (excluding diaryl/α,β-unsaturated/α-hetero) is 1. The number of carbonyl (C=O) groups excluding carboxylic acids is 3. The molecule has 0 spiro atoms. The molecule has 1 aliphatic heterocycles. The second-order valence-electron chi connectivity index (χ2n) is 9.49. The maximum atomic E-state index is 13.3. The quantitative estimate of drug-likeness (QED) is 0.208. The van der Waals surface area contributed by atoms with Crippen molar-refractivity contribution in [1.29, 1.82) is 0 Å². The number of hydrogen-bond acceptors (Lipinski definition) is 7. The molecule has 8 nitrogen and oxygen atoms in total. The molecule has 0 radical (unpaired) electrons. The van der Waals surface area contributed by atoms with Crippen LogP contribution in [0.1, 0.15) is 48.1 Å². The monoisotopic (exact) mass is 492 g/mol. The summed E-state index contributed by atoms with van der Waals surface area (Å²) in [6, 6.07) is 9.80. The van der Waals surface area contributed by atoms with Crippen molar-refractivity contribution in [2.24, 2.45) is 0 Å². The van der Waals surface area contributed by atoms with Gasteiger partial charge in [0.15, 0.2) is 11.5 Å². The van der Waals surface area contributed by atoms with E-state index in [1.807, 2.05) is 37.2 Å². The summed E-state index contributed by atoms with van der Waals surface area (Å²) in [6.45, 7) is 2.08. The third-order valence-electron chi connectivity index (χ3n) is 6.71. The smallest absolute Gasteiger partial charge is 0.308 e. The highest BCUT2D eigenvalue weighted by Crippen LogP contribution is 2.42. The van der Waals surface area contributed by atoms with Gasteiger partial charge in [0, 0.05) is 25.6 Å². The van der Waals surface area contributed by atoms with Crippen molar-refractivity contribution in [1.82, 2.24) is 9.80 Å². The van der Waals surface area contributed by atoms with Gasteiger partial charge in [-0.1, -0.05) is 18.2 Å². The summed E-state index contributed by atoms with van der Waals surface area (Å²) in [7, 11) is 5.22. The first-order chi connectivity index (χ1) is 17.2. The Balaban J connectivity index is 1.86. The Labute approximate surface area is 211 Å². The number of fused-ring (bicyclic) bond motifs is 1. The lowest BCUT2D eigenvalue weighted by molar-refractivity contribution is -0.140. The first-order valence-corrected chi connectivity index (χ1v) is 12.1. The van der Waals surface area contributed by atoms with Crippen LogP contribution in [0.4, 0.5) is 0 Å². The zero-order chi connectivity index (χ0) is 26.0. The molecule has 1 atom stereocenters. The van der Waals surface area contributed by atoms with Gasteiger partial charge in [-0.15, -0.1) is 0 Å². The molecule has 190 valence electrons. The van der Waals surface area contributed by atoms with Gasteiger partial charge in [-0.2, -0.15) is 0 Å². The van der Waals surface area contributed by atoms with E-state index in [4.69, 9.17) is 9.47 Å². The molecule has 1 unspecified atom stereocenters. The number of amides is 1. The van der Waals surface area contributed by atoms with E-state index in [1.54, 1.807) is 18.2 Å². The molecule has 8 heteroatoms. The lowest BCUT2D eigenvalue weighted by atomic mass is 9.88. The minimum Gasteiger partial charge on any atom is -0.507 e. The molecule has 36 heavy (non-hydrogen) atoms. The van der Waals surface area contributed by atoms with Crippen molar-refractivity contribution >= 4 is 23.4 Å². The van der Waals surface area contributed by atoms with Gasteiger partial charge in [0.2, 0.25) is 0 Å². The first kappa shape index (κ1) is 25.4. The number of nitrogens with zero attached hydrogens (tertiary/aromatic N) is 2. The molecule has 1 fully saturated rings. The highest BCUT2D eigenvalue weighted by Gasteiger charge is 2.46. The Morgan fingerprint density at radius 1 is 1.06 bits per heavy atom. The molecule has 2 aromatic carbocycles. The van der Waals surface area contributed by atoms with E-state index in [2.05, 4.69) is 0 Å².